The maximum atomic E-state index is 13.8. The molecule has 404 valence electrons. The number of methoxy groups -OCH3 is 3. The number of carbonyl (C=O) groups is 7. The van der Waals surface area contributed by atoms with Crippen LogP contribution in [0.25, 0.3) is 0 Å². The van der Waals surface area contributed by atoms with Gasteiger partial charge in [-0.15, -0.1) is 0 Å². The Kier molecular flexibility index (Phi) is 20.9. The number of rotatable bonds is 18. The number of aldehydes is 1. The van der Waals surface area contributed by atoms with Gasteiger partial charge in [0.05, 0.1) is 75.4 Å². The summed E-state index contributed by atoms with van der Waals surface area (Å²) in [7, 11) is 6.07. The van der Waals surface area contributed by atoms with E-state index in [0.29, 0.717) is 83.4 Å². The third-order valence-electron chi connectivity index (χ3n) is 12.2. The number of aliphatic imine (C=N–C) groups is 2. The maximum Gasteiger partial charge on any atom is 0.307 e. The highest BCUT2D eigenvalue weighted by atomic mass is 16.5. The number of ether oxygens (including phenoxy) is 5. The van der Waals surface area contributed by atoms with Crippen molar-refractivity contribution in [1.29, 1.82) is 0 Å². The van der Waals surface area contributed by atoms with Crippen molar-refractivity contribution in [1.82, 2.24) is 21.3 Å². The minimum atomic E-state index is -0.386. The van der Waals surface area contributed by atoms with Crippen LogP contribution in [0, 0.1) is 0 Å². The summed E-state index contributed by atoms with van der Waals surface area (Å²) in [4.78, 5) is 94.2. The van der Waals surface area contributed by atoms with Gasteiger partial charge in [-0.3, -0.25) is 53.3 Å². The van der Waals surface area contributed by atoms with E-state index in [0.717, 1.165) is 39.9 Å². The number of esters is 1. The van der Waals surface area contributed by atoms with E-state index in [2.05, 4.69) is 26.0 Å². The van der Waals surface area contributed by atoms with Crippen molar-refractivity contribution in [2.45, 2.75) is 65.3 Å². The van der Waals surface area contributed by atoms with Crippen LogP contribution < -0.4 is 50.0 Å². The molecule has 4 heterocycles. The van der Waals surface area contributed by atoms with Crippen molar-refractivity contribution in [3.63, 3.8) is 0 Å². The molecule has 20 nitrogen and oxygen atoms in total. The molecule has 5 aromatic carbocycles. The van der Waals surface area contributed by atoms with Crippen LogP contribution in [-0.4, -0.2) is 121 Å². The van der Waals surface area contributed by atoms with Gasteiger partial charge in [-0.2, -0.15) is 0 Å². The Hall–Kier alpha value is -8.91. The lowest BCUT2D eigenvalue weighted by atomic mass is 10.1. The number of anilines is 2. The molecule has 0 spiro atoms. The second kappa shape index (κ2) is 28.1. The van der Waals surface area contributed by atoms with Gasteiger partial charge in [-0.25, -0.2) is 0 Å². The lowest BCUT2D eigenvalue weighted by molar-refractivity contribution is -0.140. The van der Waals surface area contributed by atoms with E-state index in [1.54, 1.807) is 53.2 Å². The van der Waals surface area contributed by atoms with Crippen molar-refractivity contribution in [3.05, 3.63) is 130 Å². The Balaban J connectivity index is 0.000000351. The largest absolute Gasteiger partial charge is 0.493 e. The fourth-order valence-corrected chi connectivity index (χ4v) is 8.75. The number of hydrogen-bond acceptors (Lipinski definition) is 15. The molecule has 0 saturated carbocycles. The molecule has 77 heavy (non-hydrogen) atoms. The summed E-state index contributed by atoms with van der Waals surface area (Å²) in [5, 5.41) is 10.00. The molecule has 1 unspecified atom stereocenters. The van der Waals surface area contributed by atoms with E-state index in [9.17, 15) is 33.6 Å². The lowest BCUT2D eigenvalue weighted by Gasteiger charge is -2.22. The average molecular weight is 1050 g/mol. The molecule has 9 rings (SSSR count). The Morgan fingerprint density at radius 3 is 1.60 bits per heavy atom. The second-order valence-corrected chi connectivity index (χ2v) is 17.2. The summed E-state index contributed by atoms with van der Waals surface area (Å²) >= 11 is 0. The fourth-order valence-electron chi connectivity index (χ4n) is 8.75. The van der Waals surface area contributed by atoms with Crippen molar-refractivity contribution in [2.75, 3.05) is 64.4 Å². The van der Waals surface area contributed by atoms with E-state index in [-0.39, 0.29) is 74.4 Å². The number of hydrogen-bond donors (Lipinski definition) is 4. The first-order valence-corrected chi connectivity index (χ1v) is 25.0. The zero-order chi connectivity index (χ0) is 55.4. The monoisotopic (exact) mass is 1050 g/mol. The predicted molar refractivity (Wildman–Crippen MR) is 292 cm³/mol. The standard InChI is InChI=1S/C43H34N4O7.C7H12N2O4.C5H12N2O.C2H6/c1-51-38-16-32-34(44-20-30-14-28-7-3-5-9-36(28)46(30)42(32)49)18-40(38)53-23-26-11-25(22-48)12-27(13-26)24-54-41-19-35-33(17-39(41)52-2)43(50)47-31(21-45-35)15-29-8-4-6-10-37(29)47;1-13-7(12)2-3-9-6(11)4-8-5-10;1-3-7-5(8)4-6-2;1-2/h3-13,16-22,30-31H,14-15,23-24H2,1-2H3;5H,2-4H2,1H3,(H,8,10)(H,9,11);6H,3-4H2,1-2H3,(H,7,8);1-2H3/t30-,31?;;;/m0.../s1. The first-order valence-electron chi connectivity index (χ1n) is 25.0. The number of nitrogens with zero attached hydrogens (tertiary/aromatic N) is 4. The molecule has 0 fully saturated rings. The first-order chi connectivity index (χ1) is 37.4. The van der Waals surface area contributed by atoms with Crippen molar-refractivity contribution in [3.8, 4) is 23.0 Å². The average Bonchev–Trinajstić information content (AvgIpc) is 4.09. The van der Waals surface area contributed by atoms with E-state index < -0.39 is 0 Å². The van der Waals surface area contributed by atoms with Crippen LogP contribution in [0.2, 0.25) is 0 Å². The van der Waals surface area contributed by atoms with E-state index in [1.165, 1.54) is 21.3 Å². The second-order valence-electron chi connectivity index (χ2n) is 17.2. The van der Waals surface area contributed by atoms with Crippen LogP contribution in [-0.2, 0) is 50.0 Å². The third-order valence-corrected chi connectivity index (χ3v) is 12.2. The smallest absolute Gasteiger partial charge is 0.307 e. The topological polar surface area (TPSA) is 245 Å². The Labute approximate surface area is 447 Å². The summed E-state index contributed by atoms with van der Waals surface area (Å²) in [6, 6.07) is 27.6. The molecule has 20 heteroatoms. The van der Waals surface area contributed by atoms with Gasteiger partial charge >= 0.3 is 5.97 Å². The summed E-state index contributed by atoms with van der Waals surface area (Å²) in [5.41, 5.74) is 7.70. The summed E-state index contributed by atoms with van der Waals surface area (Å²) in [6.45, 7) is 7.35. The minimum absolute atomic E-state index is 0.0509. The van der Waals surface area contributed by atoms with Gasteiger partial charge in [0.15, 0.2) is 23.0 Å². The normalized spacial score (nSPS) is 14.6. The molecular formula is C57H64N8O12. The number of nitrogens with one attached hydrogen (secondary N) is 4. The van der Waals surface area contributed by atoms with Crippen LogP contribution in [0.3, 0.4) is 0 Å². The Bertz CT molecular complexity index is 2850. The number of carbonyl (C=O) groups excluding carboxylic acids is 7. The third kappa shape index (κ3) is 14.3. The molecule has 5 aromatic rings. The molecule has 4 aliphatic heterocycles. The van der Waals surface area contributed by atoms with E-state index >= 15 is 0 Å². The van der Waals surface area contributed by atoms with Crippen molar-refractivity contribution < 1.29 is 57.2 Å². The minimum Gasteiger partial charge on any atom is -0.493 e. The van der Waals surface area contributed by atoms with E-state index in [1.807, 2.05) is 87.8 Å². The van der Waals surface area contributed by atoms with Gasteiger partial charge < -0.3 is 45.0 Å². The molecule has 2 atom stereocenters. The number of amides is 5. The lowest BCUT2D eigenvalue weighted by Crippen LogP contribution is -2.37. The van der Waals surface area contributed by atoms with Crippen LogP contribution in [0.4, 0.5) is 22.7 Å². The molecule has 0 aromatic heterocycles. The molecule has 0 saturated heterocycles. The highest BCUT2D eigenvalue weighted by Gasteiger charge is 2.38. The van der Waals surface area contributed by atoms with Gasteiger partial charge in [0.25, 0.3) is 11.8 Å². The van der Waals surface area contributed by atoms with Crippen LogP contribution in [0.5, 0.6) is 23.0 Å². The molecular weight excluding hydrogens is 989 g/mol. The number of benzene rings is 5. The molecule has 4 aliphatic rings. The zero-order valence-corrected chi connectivity index (χ0v) is 44.2. The van der Waals surface area contributed by atoms with Gasteiger partial charge in [0.1, 0.15) is 19.5 Å². The molecule has 0 bridgehead atoms. The number of fused-ring (bicyclic) bond motifs is 8. The van der Waals surface area contributed by atoms with E-state index in [4.69, 9.17) is 28.9 Å². The molecule has 4 N–H and O–H groups in total. The van der Waals surface area contributed by atoms with Gasteiger partial charge in [0, 0.05) is 67.4 Å². The Morgan fingerprint density at radius 1 is 0.662 bits per heavy atom. The van der Waals surface area contributed by atoms with Crippen LogP contribution in [0.1, 0.15) is 80.5 Å². The van der Waals surface area contributed by atoms with Gasteiger partial charge in [0.2, 0.25) is 18.2 Å². The van der Waals surface area contributed by atoms with Gasteiger partial charge in [-0.1, -0.05) is 50.2 Å². The summed E-state index contributed by atoms with van der Waals surface area (Å²) < 4.78 is 28.2. The molecule has 0 aliphatic carbocycles. The zero-order valence-electron chi connectivity index (χ0n) is 44.2. The van der Waals surface area contributed by atoms with Crippen LogP contribution in [0.15, 0.2) is 101 Å². The summed E-state index contributed by atoms with van der Waals surface area (Å²) in [5.74, 6) is 0.620. The highest BCUT2D eigenvalue weighted by Crippen LogP contribution is 2.43. The SMILES string of the molecule is CC.CCNC(=O)CNC.COC(=O)CCNC(=O)CNC=O.COc1cc2c(cc1OCc1cc(C=O)cc(COc3cc4c(cc3OC)C(=O)N3c5ccccc5C[C@H]3C=N4)c1)N=CC1Cc3ccccc3N1C2=O. The fraction of sp³-hybridized carbons (Fsp3) is 0.316. The van der Waals surface area contributed by atoms with Crippen LogP contribution >= 0.6 is 0 Å². The number of likely N-dealkylation sites (N-methyl/N-ethyl adjacent to an activating group) is 2. The number of para-hydroxylation sites is 2. The summed E-state index contributed by atoms with van der Waals surface area (Å²) in [6.07, 6.45) is 6.34. The Morgan fingerprint density at radius 2 is 1.16 bits per heavy atom. The van der Waals surface area contributed by atoms with Gasteiger partial charge in [-0.05, 0) is 78.7 Å². The predicted octanol–water partition coefficient (Wildman–Crippen LogP) is 6.03. The maximum absolute atomic E-state index is 13.8. The highest BCUT2D eigenvalue weighted by molar-refractivity contribution is 6.16. The van der Waals surface area contributed by atoms with Crippen molar-refractivity contribution >= 4 is 77.5 Å². The molecule has 5 amide bonds. The molecule has 0 radical (unpaired) electrons. The quantitative estimate of drug-likeness (QED) is 0.0580. The first kappa shape index (κ1) is 57.4. The van der Waals surface area contributed by atoms with Crippen molar-refractivity contribution in [2.24, 2.45) is 9.98 Å².